The molecule has 0 saturated carbocycles. The molecule has 0 aliphatic heterocycles. The van der Waals surface area contributed by atoms with Crippen molar-refractivity contribution in [1.29, 1.82) is 0 Å². The molecule has 11 heteroatoms. The summed E-state index contributed by atoms with van der Waals surface area (Å²) in [6.07, 6.45) is 1.23. The van der Waals surface area contributed by atoms with E-state index in [-0.39, 0.29) is 42.5 Å². The number of methoxy groups -OCH3 is 1. The Hall–Kier alpha value is -4.79. The number of nitrogens with two attached hydrogens (primary N) is 1. The van der Waals surface area contributed by atoms with E-state index < -0.39 is 27.6 Å². The van der Waals surface area contributed by atoms with Gasteiger partial charge in [0.25, 0.3) is 5.91 Å². The topological polar surface area (TPSA) is 157 Å². The number of hydrogen-bond acceptors (Lipinski definition) is 7. The second-order valence-electron chi connectivity index (χ2n) is 10.4. The van der Waals surface area contributed by atoms with E-state index in [2.05, 4.69) is 27.8 Å². The number of ether oxygens (including phenoxy) is 1. The van der Waals surface area contributed by atoms with E-state index in [9.17, 15) is 19.5 Å². The first-order valence-corrected chi connectivity index (χ1v) is 16.7. The molecule has 0 saturated heterocycles. The fraction of sp³-hybridized carbons (Fsp3) is 0.206. The normalized spacial score (nSPS) is 11.3. The molecule has 0 bridgehead atoms. The number of para-hydroxylation sites is 2. The summed E-state index contributed by atoms with van der Waals surface area (Å²) < 4.78 is 7.47. The quantitative estimate of drug-likeness (QED) is 0.118. The van der Waals surface area contributed by atoms with Gasteiger partial charge < -0.3 is 10.5 Å². The average molecular weight is 668 g/mol. The second kappa shape index (κ2) is 14.3. The Kier molecular flexibility index (Phi) is 10.1. The number of pyridine rings is 2. The maximum atomic E-state index is 13.0. The van der Waals surface area contributed by atoms with Gasteiger partial charge in [0.15, 0.2) is 0 Å². The van der Waals surface area contributed by atoms with Gasteiger partial charge in [0, 0.05) is 0 Å². The van der Waals surface area contributed by atoms with Gasteiger partial charge >= 0.3 is 220 Å². The number of aromatic nitrogens is 2. The molecule has 0 aliphatic carbocycles. The molecule has 230 valence electrons. The molecule has 10 nitrogen and oxygen atoms in total. The summed E-state index contributed by atoms with van der Waals surface area (Å²) in [6, 6.07) is 23.2. The number of aliphatic hydroxyl groups excluding tert-OH is 1. The van der Waals surface area contributed by atoms with Crippen molar-refractivity contribution >= 4 is 69.7 Å². The van der Waals surface area contributed by atoms with Crippen molar-refractivity contribution in [2.45, 2.75) is 32.8 Å². The van der Waals surface area contributed by atoms with Crippen molar-refractivity contribution in [3.63, 3.8) is 0 Å². The van der Waals surface area contributed by atoms with Crippen LogP contribution >= 0.6 is 0 Å². The molecular weight excluding hydrogens is 633 g/mol. The molecule has 0 radical (unpaired) electrons. The van der Waals surface area contributed by atoms with Crippen LogP contribution in [0.25, 0.3) is 21.8 Å². The van der Waals surface area contributed by atoms with Gasteiger partial charge in [-0.1, -0.05) is 13.3 Å². The van der Waals surface area contributed by atoms with E-state index in [4.69, 9.17) is 15.5 Å². The van der Waals surface area contributed by atoms with Gasteiger partial charge in [-0.2, -0.15) is 0 Å². The van der Waals surface area contributed by atoms with Crippen LogP contribution in [0, 0.1) is 0 Å². The first-order valence-electron chi connectivity index (χ1n) is 14.6. The first-order chi connectivity index (χ1) is 21.8. The SMILES string of the molecule is CCCc1nc(OC)c(C(N)=O)cc1C(=O)NCCC(=O)Nc1cc(CO)cc([AsH]c2c3ccccc3nc3ccccc23)c1. The van der Waals surface area contributed by atoms with Crippen molar-refractivity contribution in [1.82, 2.24) is 15.3 Å². The molecule has 5 N–H and O–H groups in total. The monoisotopic (exact) mass is 667 g/mol. The number of amides is 3. The summed E-state index contributed by atoms with van der Waals surface area (Å²) in [4.78, 5) is 47.0. The Morgan fingerprint density at radius 1 is 0.933 bits per heavy atom. The standard InChI is InChI=1S/C34H34AsN5O5/c1-3-8-27-25(18-26(32(36)43)34(40-27)45-2)33(44)37-14-13-30(42)38-22-16-20(19-41)15-21(17-22)35-31-23-9-4-6-11-28(23)39-29-12-7-5-10-24(29)31/h4-7,9-12,15-18,35,41H,3,8,13-14,19H2,1-2H3,(H2,36,43)(H,37,44)(H,38,42). The zero-order chi connectivity index (χ0) is 31.9. The number of carbonyl (C=O) groups excluding carboxylic acids is 3. The average Bonchev–Trinajstić information content (AvgIpc) is 3.04. The number of aliphatic hydroxyl groups is 1. The van der Waals surface area contributed by atoms with Crippen LogP contribution in [0.5, 0.6) is 5.88 Å². The molecular formula is C34H34AsN5O5. The Labute approximate surface area is 267 Å². The molecule has 1 atom stereocenters. The first kappa shape index (κ1) is 31.6. The Morgan fingerprint density at radius 3 is 2.24 bits per heavy atom. The van der Waals surface area contributed by atoms with Crippen molar-refractivity contribution in [2.75, 3.05) is 19.0 Å². The summed E-state index contributed by atoms with van der Waals surface area (Å²) in [5.74, 6) is -1.45. The molecule has 0 spiro atoms. The molecule has 5 rings (SSSR count). The van der Waals surface area contributed by atoms with E-state index in [1.54, 1.807) is 6.07 Å². The van der Waals surface area contributed by atoms with Crippen LogP contribution in [-0.2, 0) is 17.8 Å². The predicted octanol–water partition coefficient (Wildman–Crippen LogP) is 2.48. The number of primary amides is 1. The summed E-state index contributed by atoms with van der Waals surface area (Å²) in [6.45, 7) is 1.84. The molecule has 45 heavy (non-hydrogen) atoms. The number of aryl methyl sites for hydroxylation is 1. The third-order valence-electron chi connectivity index (χ3n) is 7.21. The fourth-order valence-corrected chi connectivity index (χ4v) is 8.22. The Balaban J connectivity index is 1.30. The predicted molar refractivity (Wildman–Crippen MR) is 177 cm³/mol. The third kappa shape index (κ3) is 7.30. The van der Waals surface area contributed by atoms with Gasteiger partial charge in [-0.05, 0) is 0 Å². The van der Waals surface area contributed by atoms with Crippen LogP contribution in [-0.4, -0.2) is 62.2 Å². The zero-order valence-corrected chi connectivity index (χ0v) is 27.1. The van der Waals surface area contributed by atoms with Gasteiger partial charge in [-0.3, -0.25) is 4.79 Å². The Bertz CT molecular complexity index is 1860. The number of nitrogens with zero attached hydrogens (tertiary/aromatic N) is 2. The summed E-state index contributed by atoms with van der Waals surface area (Å²) in [5.41, 5.74) is 9.31. The van der Waals surface area contributed by atoms with Crippen molar-refractivity contribution in [3.05, 3.63) is 95.2 Å². The minimum absolute atomic E-state index is 0.00964. The molecule has 5 aromatic rings. The Morgan fingerprint density at radius 2 is 1.62 bits per heavy atom. The van der Waals surface area contributed by atoms with Crippen LogP contribution < -0.4 is 29.8 Å². The van der Waals surface area contributed by atoms with E-state index in [1.807, 2.05) is 55.5 Å². The van der Waals surface area contributed by atoms with E-state index in [0.29, 0.717) is 23.4 Å². The van der Waals surface area contributed by atoms with Gasteiger partial charge in [0.05, 0.1) is 7.11 Å². The molecule has 0 aliphatic rings. The number of fused-ring (bicyclic) bond motifs is 2. The third-order valence-corrected chi connectivity index (χ3v) is 10.1. The van der Waals surface area contributed by atoms with Crippen molar-refractivity contribution in [3.8, 4) is 5.88 Å². The van der Waals surface area contributed by atoms with Gasteiger partial charge in [0.1, 0.15) is 0 Å². The van der Waals surface area contributed by atoms with E-state index >= 15 is 0 Å². The van der Waals surface area contributed by atoms with Crippen molar-refractivity contribution in [2.24, 2.45) is 5.73 Å². The number of benzene rings is 3. The minimum atomic E-state index is -0.888. The van der Waals surface area contributed by atoms with Gasteiger partial charge in [-0.25, -0.2) is 0 Å². The van der Waals surface area contributed by atoms with Crippen LogP contribution in [0.4, 0.5) is 5.69 Å². The number of hydrogen-bond donors (Lipinski definition) is 4. The van der Waals surface area contributed by atoms with Gasteiger partial charge in [0.2, 0.25) is 5.88 Å². The number of carbonyl (C=O) groups is 3. The zero-order valence-electron chi connectivity index (χ0n) is 25.0. The molecule has 1 unspecified atom stereocenters. The maximum absolute atomic E-state index is 13.0. The molecule has 2 aromatic heterocycles. The number of anilines is 1. The van der Waals surface area contributed by atoms with Crippen LogP contribution in [0.3, 0.4) is 0 Å². The fourth-order valence-electron chi connectivity index (χ4n) is 5.14. The molecule has 3 aromatic carbocycles. The summed E-state index contributed by atoms with van der Waals surface area (Å²) in [5, 5.41) is 17.9. The second-order valence-corrected chi connectivity index (χ2v) is 13.2. The molecule has 0 fully saturated rings. The van der Waals surface area contributed by atoms with Crippen molar-refractivity contribution < 1.29 is 24.2 Å². The summed E-state index contributed by atoms with van der Waals surface area (Å²) >= 11 is -0.888. The van der Waals surface area contributed by atoms with E-state index in [1.165, 1.54) is 17.5 Å². The van der Waals surface area contributed by atoms with Crippen LogP contribution in [0.15, 0.2) is 72.8 Å². The summed E-state index contributed by atoms with van der Waals surface area (Å²) in [7, 11) is 1.38. The van der Waals surface area contributed by atoms with Crippen LogP contribution in [0.1, 0.15) is 51.7 Å². The van der Waals surface area contributed by atoms with Crippen LogP contribution in [0.2, 0.25) is 0 Å². The van der Waals surface area contributed by atoms with E-state index in [0.717, 1.165) is 32.6 Å². The van der Waals surface area contributed by atoms with Gasteiger partial charge in [-0.15, -0.1) is 0 Å². The molecule has 2 heterocycles. The molecule has 3 amide bonds. The number of rotatable bonds is 12. The number of nitrogens with one attached hydrogen (secondary N) is 2.